The summed E-state index contributed by atoms with van der Waals surface area (Å²) in [5, 5.41) is 19.6. The minimum atomic E-state index is -1.06. The Labute approximate surface area is 279 Å². The van der Waals surface area contributed by atoms with Crippen molar-refractivity contribution in [1.29, 1.82) is 0 Å². The summed E-state index contributed by atoms with van der Waals surface area (Å²) in [4.78, 5) is 36.0. The quantitative estimate of drug-likeness (QED) is 0.114. The van der Waals surface area contributed by atoms with Crippen LogP contribution in [0.4, 0.5) is 0 Å². The Morgan fingerprint density at radius 2 is 1.79 bits per heavy atom. The van der Waals surface area contributed by atoms with E-state index in [0.717, 1.165) is 30.4 Å². The third kappa shape index (κ3) is 11.6. The molecule has 1 spiro atoms. The number of carbonyl (C=O) groups is 3. The van der Waals surface area contributed by atoms with Crippen LogP contribution in [-0.4, -0.2) is 58.8 Å². The molecule has 2 saturated heterocycles. The summed E-state index contributed by atoms with van der Waals surface area (Å²) in [5.74, 6) is -2.73. The highest BCUT2D eigenvalue weighted by Gasteiger charge is 2.54. The Morgan fingerprint density at radius 1 is 1.04 bits per heavy atom. The Kier molecular flexibility index (Phi) is 14.6. The molecule has 2 fully saturated rings. The maximum atomic E-state index is 12.9. The number of unbranched alkanes of at least 4 members (excludes halogenated alkanes) is 1. The highest BCUT2D eigenvalue weighted by atomic mass is 16.7. The van der Waals surface area contributed by atoms with Crippen molar-refractivity contribution in [2.45, 2.75) is 122 Å². The van der Waals surface area contributed by atoms with Gasteiger partial charge in [-0.25, -0.2) is 4.79 Å². The summed E-state index contributed by atoms with van der Waals surface area (Å²) in [6.07, 6.45) is 14.1. The maximum Gasteiger partial charge on any atom is 0.330 e. The molecule has 1 unspecified atom stereocenters. The van der Waals surface area contributed by atoms with E-state index in [1.807, 2.05) is 49.4 Å². The number of hydrogen-bond donors (Lipinski definition) is 2. The topological polar surface area (TPSA) is 129 Å². The van der Waals surface area contributed by atoms with Crippen molar-refractivity contribution in [3.63, 3.8) is 0 Å². The molecule has 3 rings (SSSR count). The molecule has 0 saturated carbocycles. The van der Waals surface area contributed by atoms with Gasteiger partial charge in [0.15, 0.2) is 5.79 Å². The molecular weight excluding hydrogens is 600 g/mol. The van der Waals surface area contributed by atoms with Gasteiger partial charge in [0, 0.05) is 18.9 Å². The number of allylic oxidation sites excluding steroid dienone is 4. The van der Waals surface area contributed by atoms with Gasteiger partial charge in [-0.15, -0.1) is 0 Å². The third-order valence-corrected chi connectivity index (χ3v) is 9.02. The fourth-order valence-corrected chi connectivity index (χ4v) is 6.09. The van der Waals surface area contributed by atoms with Crippen LogP contribution in [-0.2, 0) is 33.3 Å². The number of aliphatic hydroxyl groups is 1. The van der Waals surface area contributed by atoms with E-state index in [2.05, 4.69) is 19.9 Å². The number of ether oxygens (including phenoxy) is 4. The molecule has 2 N–H and O–H groups in total. The smallest absolute Gasteiger partial charge is 0.330 e. The van der Waals surface area contributed by atoms with E-state index >= 15 is 0 Å². The predicted octanol–water partition coefficient (Wildman–Crippen LogP) is 7.32. The van der Waals surface area contributed by atoms with Crippen LogP contribution in [0.25, 0.3) is 0 Å². The van der Waals surface area contributed by atoms with Gasteiger partial charge in [0.25, 0.3) is 0 Å². The first-order chi connectivity index (χ1) is 22.4. The lowest BCUT2D eigenvalue weighted by atomic mass is 9.78. The van der Waals surface area contributed by atoms with Gasteiger partial charge in [0.2, 0.25) is 0 Å². The SMILES string of the molecule is CCCC[C@@]1(OC(=O)CCC(=O)O)CC[C@]2(CC[C@H](C)[C@@H](CC=C(C)C=CC(O)c3ccccc3)O2)O[C@H]1C=CC(C)=CC(=O)OC. The lowest BCUT2D eigenvalue weighted by molar-refractivity contribution is -0.344. The monoisotopic (exact) mass is 652 g/mol. The van der Waals surface area contributed by atoms with Crippen molar-refractivity contribution in [3.05, 3.63) is 83.5 Å². The van der Waals surface area contributed by atoms with Crippen LogP contribution in [0, 0.1) is 5.92 Å². The number of carboxylic acids is 1. The molecule has 6 atom stereocenters. The minimum Gasteiger partial charge on any atom is -0.481 e. The summed E-state index contributed by atoms with van der Waals surface area (Å²) in [6.45, 7) is 8.00. The average Bonchev–Trinajstić information content (AvgIpc) is 3.06. The van der Waals surface area contributed by atoms with E-state index in [9.17, 15) is 19.5 Å². The lowest BCUT2D eigenvalue weighted by Gasteiger charge is -2.53. The van der Waals surface area contributed by atoms with Gasteiger partial charge >= 0.3 is 17.9 Å². The van der Waals surface area contributed by atoms with Gasteiger partial charge in [0.05, 0.1) is 32.2 Å². The molecule has 258 valence electrons. The molecule has 0 amide bonds. The number of rotatable bonds is 15. The van der Waals surface area contributed by atoms with Crippen LogP contribution in [0.1, 0.15) is 104 Å². The molecule has 0 radical (unpaired) electrons. The Bertz CT molecular complexity index is 1310. The number of esters is 2. The number of carbonyl (C=O) groups excluding carboxylic acids is 2. The molecule has 2 aliphatic rings. The lowest BCUT2D eigenvalue weighted by Crippen LogP contribution is -2.59. The Hall–Kier alpha value is -3.53. The second-order valence-corrected chi connectivity index (χ2v) is 12.8. The van der Waals surface area contributed by atoms with Crippen LogP contribution in [0.5, 0.6) is 0 Å². The zero-order chi connectivity index (χ0) is 34.5. The van der Waals surface area contributed by atoms with Gasteiger partial charge in [0.1, 0.15) is 11.7 Å². The van der Waals surface area contributed by atoms with E-state index in [1.165, 1.54) is 13.2 Å². The number of carboxylic acid groups (broad SMARTS) is 1. The summed E-state index contributed by atoms with van der Waals surface area (Å²) >= 11 is 0. The molecule has 9 heteroatoms. The predicted molar refractivity (Wildman–Crippen MR) is 179 cm³/mol. The van der Waals surface area contributed by atoms with Gasteiger partial charge in [-0.1, -0.05) is 86.6 Å². The zero-order valence-corrected chi connectivity index (χ0v) is 28.5. The van der Waals surface area contributed by atoms with Crippen LogP contribution >= 0.6 is 0 Å². The Balaban J connectivity index is 1.84. The highest BCUT2D eigenvalue weighted by molar-refractivity contribution is 5.83. The number of aliphatic carboxylic acids is 1. The van der Waals surface area contributed by atoms with Crippen LogP contribution in [0.2, 0.25) is 0 Å². The van der Waals surface area contributed by atoms with Crippen molar-refractivity contribution < 1.29 is 43.5 Å². The standard InChI is InChI=1S/C38H52O9/c1-6-7-22-37(47-35(42)20-19-34(40)41)24-25-38(46-33(37)18-15-28(3)26-36(43)44-5)23-21-29(4)32(45-38)17-14-27(2)13-16-31(39)30-11-9-8-10-12-30/h8-16,18,26,29,31-33,39H,6-7,17,19-25H2,1-5H3,(H,40,41)/t29-,31?,32+,33-,37+,38-/m0/s1. The number of methoxy groups -OCH3 is 1. The fourth-order valence-electron chi connectivity index (χ4n) is 6.09. The molecule has 1 aromatic carbocycles. The van der Waals surface area contributed by atoms with E-state index in [4.69, 9.17) is 24.1 Å². The van der Waals surface area contributed by atoms with E-state index in [-0.39, 0.29) is 24.9 Å². The summed E-state index contributed by atoms with van der Waals surface area (Å²) < 4.78 is 24.5. The van der Waals surface area contributed by atoms with E-state index in [0.29, 0.717) is 37.7 Å². The van der Waals surface area contributed by atoms with Crippen LogP contribution in [0.15, 0.2) is 77.9 Å². The molecule has 0 aliphatic carbocycles. The second kappa shape index (κ2) is 18.1. The molecule has 47 heavy (non-hydrogen) atoms. The van der Waals surface area contributed by atoms with Crippen LogP contribution < -0.4 is 0 Å². The molecular formula is C38H52O9. The average molecular weight is 653 g/mol. The van der Waals surface area contributed by atoms with E-state index in [1.54, 1.807) is 19.1 Å². The largest absolute Gasteiger partial charge is 0.481 e. The molecule has 2 aliphatic heterocycles. The maximum absolute atomic E-state index is 12.9. The van der Waals surface area contributed by atoms with Crippen molar-refractivity contribution in [2.24, 2.45) is 5.92 Å². The Morgan fingerprint density at radius 3 is 2.47 bits per heavy atom. The molecule has 1 aromatic rings. The number of benzene rings is 1. The van der Waals surface area contributed by atoms with Gasteiger partial charge in [-0.3, -0.25) is 9.59 Å². The zero-order valence-electron chi connectivity index (χ0n) is 28.5. The van der Waals surface area contributed by atoms with Crippen molar-refractivity contribution in [3.8, 4) is 0 Å². The second-order valence-electron chi connectivity index (χ2n) is 12.8. The summed E-state index contributed by atoms with van der Waals surface area (Å²) in [5.41, 5.74) is 1.48. The molecule has 9 nitrogen and oxygen atoms in total. The third-order valence-electron chi connectivity index (χ3n) is 9.02. The first kappa shape index (κ1) is 37.9. The van der Waals surface area contributed by atoms with E-state index < -0.39 is 41.5 Å². The van der Waals surface area contributed by atoms with Gasteiger partial charge in [-0.2, -0.15) is 0 Å². The first-order valence-electron chi connectivity index (χ1n) is 16.7. The fraction of sp³-hybridized carbons (Fsp3) is 0.553. The van der Waals surface area contributed by atoms with Crippen molar-refractivity contribution in [2.75, 3.05) is 7.11 Å². The number of aliphatic hydroxyl groups excluding tert-OH is 1. The molecule has 0 bridgehead atoms. The molecule has 0 aromatic heterocycles. The minimum absolute atomic E-state index is 0.113. The molecule has 2 heterocycles. The highest BCUT2D eigenvalue weighted by Crippen LogP contribution is 2.48. The number of hydrogen-bond acceptors (Lipinski definition) is 8. The summed E-state index contributed by atoms with van der Waals surface area (Å²) in [6, 6.07) is 9.50. The first-order valence-corrected chi connectivity index (χ1v) is 16.7. The van der Waals surface area contributed by atoms with Crippen LogP contribution in [0.3, 0.4) is 0 Å². The van der Waals surface area contributed by atoms with Crippen molar-refractivity contribution >= 4 is 17.9 Å². The normalized spacial score (nSPS) is 27.7. The van der Waals surface area contributed by atoms with Gasteiger partial charge in [-0.05, 0) is 63.0 Å². The summed E-state index contributed by atoms with van der Waals surface area (Å²) in [7, 11) is 1.31. The van der Waals surface area contributed by atoms with Gasteiger partial charge < -0.3 is 29.2 Å². The van der Waals surface area contributed by atoms with Crippen molar-refractivity contribution in [1.82, 2.24) is 0 Å².